The van der Waals surface area contributed by atoms with E-state index >= 15 is 0 Å². The lowest BCUT2D eigenvalue weighted by Crippen LogP contribution is -2.16. The first-order chi connectivity index (χ1) is 12.7. The Bertz CT molecular complexity index is 1120. The van der Waals surface area contributed by atoms with Crippen LogP contribution in [0.25, 0.3) is 11.0 Å². The molecule has 3 N–H and O–H groups in total. The van der Waals surface area contributed by atoms with E-state index in [4.69, 9.17) is 25.9 Å². The van der Waals surface area contributed by atoms with Crippen LogP contribution in [0.1, 0.15) is 29.1 Å². The summed E-state index contributed by atoms with van der Waals surface area (Å²) in [5.41, 5.74) is 1.12. The summed E-state index contributed by atoms with van der Waals surface area (Å²) in [5, 5.41) is 9.72. The van der Waals surface area contributed by atoms with E-state index in [-0.39, 0.29) is 16.5 Å². The number of rotatable bonds is 5. The van der Waals surface area contributed by atoms with E-state index in [2.05, 4.69) is 5.32 Å². The molecular formula is C18H17ClN2O5S. The summed E-state index contributed by atoms with van der Waals surface area (Å²) < 4.78 is 33.7. The number of nitrogens with two attached hydrogens (primary N) is 1. The van der Waals surface area contributed by atoms with E-state index in [1.165, 1.54) is 25.3 Å². The number of hydrogen-bond acceptors (Lipinski definition) is 6. The molecule has 7 nitrogen and oxygen atoms in total. The van der Waals surface area contributed by atoms with Gasteiger partial charge in [0, 0.05) is 16.1 Å². The Labute approximate surface area is 161 Å². The van der Waals surface area contributed by atoms with Crippen molar-refractivity contribution in [2.75, 3.05) is 12.4 Å². The highest BCUT2D eigenvalue weighted by Crippen LogP contribution is 2.30. The average molecular weight is 409 g/mol. The van der Waals surface area contributed by atoms with Crippen molar-refractivity contribution in [3.63, 3.8) is 0 Å². The van der Waals surface area contributed by atoms with Gasteiger partial charge in [0.25, 0.3) is 0 Å². The Morgan fingerprint density at radius 1 is 1.22 bits per heavy atom. The first kappa shape index (κ1) is 19.2. The van der Waals surface area contributed by atoms with Gasteiger partial charge in [0.2, 0.25) is 10.0 Å². The Kier molecular flexibility index (Phi) is 5.14. The van der Waals surface area contributed by atoms with Crippen molar-refractivity contribution >= 4 is 44.3 Å². The zero-order chi connectivity index (χ0) is 19.8. The predicted octanol–water partition coefficient (Wildman–Crippen LogP) is 3.69. The fourth-order valence-electron chi connectivity index (χ4n) is 2.66. The van der Waals surface area contributed by atoms with Crippen LogP contribution in [0.5, 0.6) is 0 Å². The number of sulfonamides is 1. The van der Waals surface area contributed by atoms with Crippen LogP contribution in [0, 0.1) is 0 Å². The Morgan fingerprint density at radius 2 is 1.96 bits per heavy atom. The Hall–Kier alpha value is -2.55. The van der Waals surface area contributed by atoms with Gasteiger partial charge in [-0.3, -0.25) is 0 Å². The smallest absolute Gasteiger partial charge is 0.340 e. The van der Waals surface area contributed by atoms with E-state index in [1.807, 2.05) is 13.0 Å². The van der Waals surface area contributed by atoms with Gasteiger partial charge in [-0.25, -0.2) is 18.4 Å². The lowest BCUT2D eigenvalue weighted by atomic mass is 10.1. The van der Waals surface area contributed by atoms with Crippen molar-refractivity contribution < 1.29 is 22.4 Å². The fourth-order valence-corrected chi connectivity index (χ4v) is 3.38. The summed E-state index contributed by atoms with van der Waals surface area (Å²) in [5.74, 6) is -0.0646. The summed E-state index contributed by atoms with van der Waals surface area (Å²) >= 11 is 5.99. The molecule has 1 atom stereocenters. The van der Waals surface area contributed by atoms with Gasteiger partial charge in [-0.05, 0) is 49.4 Å². The summed E-state index contributed by atoms with van der Waals surface area (Å²) in [4.78, 5) is 11.9. The molecule has 1 unspecified atom stereocenters. The van der Waals surface area contributed by atoms with E-state index in [1.54, 1.807) is 18.2 Å². The monoisotopic (exact) mass is 408 g/mol. The Balaban J connectivity index is 1.96. The number of furan rings is 1. The standard InChI is InChI=1S/C18H17ClN2O5S/c1-10(17-8-11-7-12(19)3-6-16(11)26-17)21-15-5-4-13(27(20,23)24)9-14(15)18(22)25-2/h3-10,21H,1-2H3,(H2,20,23,24). The van der Waals surface area contributed by atoms with Gasteiger partial charge in [0.15, 0.2) is 0 Å². The summed E-state index contributed by atoms with van der Waals surface area (Å²) in [6.45, 7) is 1.84. The van der Waals surface area contributed by atoms with Gasteiger partial charge in [-0.2, -0.15) is 0 Å². The molecule has 0 spiro atoms. The van der Waals surface area contributed by atoms with Gasteiger partial charge < -0.3 is 14.5 Å². The third-order valence-corrected chi connectivity index (χ3v) is 5.17. The molecule has 1 heterocycles. The van der Waals surface area contributed by atoms with Crippen LogP contribution in [0.3, 0.4) is 0 Å². The molecule has 1 aromatic heterocycles. The minimum Gasteiger partial charge on any atom is -0.465 e. The quantitative estimate of drug-likeness (QED) is 0.622. The number of nitrogens with one attached hydrogen (secondary N) is 1. The lowest BCUT2D eigenvalue weighted by Gasteiger charge is -2.16. The highest BCUT2D eigenvalue weighted by atomic mass is 35.5. The third-order valence-electron chi connectivity index (χ3n) is 4.02. The highest BCUT2D eigenvalue weighted by molar-refractivity contribution is 7.89. The maximum atomic E-state index is 12.1. The normalized spacial score (nSPS) is 12.7. The largest absolute Gasteiger partial charge is 0.465 e. The minimum atomic E-state index is -3.95. The molecule has 142 valence electrons. The van der Waals surface area contributed by atoms with E-state index in [9.17, 15) is 13.2 Å². The van der Waals surface area contributed by atoms with Gasteiger partial charge in [0.1, 0.15) is 11.3 Å². The van der Waals surface area contributed by atoms with Crippen molar-refractivity contribution in [2.24, 2.45) is 5.14 Å². The van der Waals surface area contributed by atoms with E-state index in [0.29, 0.717) is 22.1 Å². The molecule has 9 heteroatoms. The number of carbonyl (C=O) groups excluding carboxylic acids is 1. The number of benzene rings is 2. The number of halogens is 1. The molecule has 27 heavy (non-hydrogen) atoms. The first-order valence-corrected chi connectivity index (χ1v) is 9.82. The fraction of sp³-hybridized carbons (Fsp3) is 0.167. The molecule has 3 aromatic rings. The second kappa shape index (κ2) is 7.22. The number of carbonyl (C=O) groups is 1. The van der Waals surface area contributed by atoms with Crippen LogP contribution >= 0.6 is 11.6 Å². The summed E-state index contributed by atoms with van der Waals surface area (Å²) in [7, 11) is -2.74. The van der Waals surface area contributed by atoms with Gasteiger partial charge in [-0.1, -0.05) is 11.6 Å². The van der Waals surface area contributed by atoms with Gasteiger partial charge >= 0.3 is 5.97 Å². The molecule has 0 saturated heterocycles. The predicted molar refractivity (Wildman–Crippen MR) is 102 cm³/mol. The number of fused-ring (bicyclic) bond motifs is 1. The SMILES string of the molecule is COC(=O)c1cc(S(N)(=O)=O)ccc1NC(C)c1cc2cc(Cl)ccc2o1. The first-order valence-electron chi connectivity index (χ1n) is 7.90. The number of ether oxygens (including phenoxy) is 1. The topological polar surface area (TPSA) is 112 Å². The zero-order valence-electron chi connectivity index (χ0n) is 14.5. The summed E-state index contributed by atoms with van der Waals surface area (Å²) in [6, 6.07) is 10.8. The lowest BCUT2D eigenvalue weighted by molar-refractivity contribution is 0.0601. The number of anilines is 1. The number of hydrogen-bond donors (Lipinski definition) is 2. The van der Waals surface area contributed by atoms with Gasteiger partial charge in [-0.15, -0.1) is 0 Å². The Morgan fingerprint density at radius 3 is 2.63 bits per heavy atom. The molecule has 0 fully saturated rings. The zero-order valence-corrected chi connectivity index (χ0v) is 16.1. The second-order valence-corrected chi connectivity index (χ2v) is 7.94. The molecule has 0 aliphatic rings. The van der Waals surface area contributed by atoms with Crippen molar-refractivity contribution in [1.29, 1.82) is 0 Å². The van der Waals surface area contributed by atoms with Crippen LogP contribution in [-0.4, -0.2) is 21.5 Å². The molecule has 0 amide bonds. The van der Waals surface area contributed by atoms with Crippen molar-refractivity contribution in [2.45, 2.75) is 17.9 Å². The van der Waals surface area contributed by atoms with Gasteiger partial charge in [0.05, 0.1) is 23.6 Å². The second-order valence-electron chi connectivity index (χ2n) is 5.94. The van der Waals surface area contributed by atoms with E-state index in [0.717, 1.165) is 5.39 Å². The van der Waals surface area contributed by atoms with Crippen molar-refractivity contribution in [3.05, 3.63) is 58.8 Å². The number of primary sulfonamides is 1. The number of methoxy groups -OCH3 is 1. The maximum Gasteiger partial charge on any atom is 0.340 e. The molecular weight excluding hydrogens is 392 g/mol. The van der Waals surface area contributed by atoms with Crippen LogP contribution in [0.2, 0.25) is 5.02 Å². The van der Waals surface area contributed by atoms with Crippen molar-refractivity contribution in [1.82, 2.24) is 0 Å². The van der Waals surface area contributed by atoms with E-state index < -0.39 is 16.0 Å². The maximum absolute atomic E-state index is 12.1. The molecule has 0 aliphatic heterocycles. The summed E-state index contributed by atoms with van der Waals surface area (Å²) in [6.07, 6.45) is 0. The van der Waals surface area contributed by atoms with Crippen LogP contribution in [0.15, 0.2) is 51.8 Å². The molecule has 0 radical (unpaired) electrons. The van der Waals surface area contributed by atoms with Crippen LogP contribution in [0.4, 0.5) is 5.69 Å². The third kappa shape index (κ3) is 4.08. The minimum absolute atomic E-state index is 0.0510. The molecule has 0 bridgehead atoms. The van der Waals surface area contributed by atoms with Crippen LogP contribution < -0.4 is 10.5 Å². The number of esters is 1. The molecule has 0 aliphatic carbocycles. The molecule has 3 rings (SSSR count). The molecule has 0 saturated carbocycles. The van der Waals surface area contributed by atoms with Crippen molar-refractivity contribution in [3.8, 4) is 0 Å². The highest BCUT2D eigenvalue weighted by Gasteiger charge is 2.20. The average Bonchev–Trinajstić information content (AvgIpc) is 3.03. The molecule has 2 aromatic carbocycles. The van der Waals surface area contributed by atoms with Crippen LogP contribution in [-0.2, 0) is 14.8 Å².